The van der Waals surface area contributed by atoms with E-state index in [2.05, 4.69) is 11.3 Å². The minimum Gasteiger partial charge on any atom is -0.393 e. The Morgan fingerprint density at radius 3 is 1.36 bits per heavy atom. The molecule has 1 unspecified atom stereocenters. The molecule has 0 rings (SSSR count). The third-order valence-electron chi connectivity index (χ3n) is 3.91. The second kappa shape index (κ2) is 8.35. The molecule has 0 N–H and O–H groups in total. The van der Waals surface area contributed by atoms with Crippen LogP contribution in [0, 0.1) is 5.92 Å². The molecule has 0 aliphatic carbocycles. The van der Waals surface area contributed by atoms with Crippen molar-refractivity contribution in [2.45, 2.75) is 61.2 Å². The third kappa shape index (κ3) is 4.81. The van der Waals surface area contributed by atoms with E-state index in [1.54, 1.807) is 0 Å². The zero-order valence-corrected chi connectivity index (χ0v) is 15.3. The number of rotatable bonds is 10. The molecule has 0 radical (unpaired) electrons. The summed E-state index contributed by atoms with van der Waals surface area (Å²) in [5.41, 5.74) is 0. The number of carbonyl (C=O) groups excluding carboxylic acids is 1. The summed E-state index contributed by atoms with van der Waals surface area (Å²) in [6.07, 6.45) is -16.5. The molecule has 0 saturated heterocycles. The van der Waals surface area contributed by atoms with Gasteiger partial charge in [-0.2, -0.15) is 74.6 Å². The predicted octanol–water partition coefficient (Wildman–Crippen LogP) is 6.71. The Hall–Kier alpha value is -1.98. The van der Waals surface area contributed by atoms with E-state index in [1.165, 1.54) is 0 Å². The van der Waals surface area contributed by atoms with Gasteiger partial charge in [-0.15, -0.1) is 0 Å². The molecule has 33 heavy (non-hydrogen) atoms. The van der Waals surface area contributed by atoms with Crippen molar-refractivity contribution in [1.82, 2.24) is 0 Å². The van der Waals surface area contributed by atoms with Crippen LogP contribution in [-0.2, 0) is 9.53 Å². The van der Waals surface area contributed by atoms with Crippen LogP contribution in [0.1, 0.15) is 13.3 Å². The molecule has 0 saturated carbocycles. The van der Waals surface area contributed by atoms with E-state index in [0.29, 0.717) is 0 Å². The second-order valence-corrected chi connectivity index (χ2v) is 6.36. The lowest BCUT2D eigenvalue weighted by atomic mass is 9.85. The van der Waals surface area contributed by atoms with Crippen LogP contribution >= 0.6 is 0 Å². The Kier molecular flexibility index (Phi) is 7.85. The maximum Gasteiger partial charge on any atom is 0.473 e. The Morgan fingerprint density at radius 1 is 0.697 bits per heavy atom. The molecule has 0 aromatic rings. The smallest absolute Gasteiger partial charge is 0.393 e. The van der Waals surface area contributed by atoms with Gasteiger partial charge in [-0.05, 0) is 0 Å². The predicted molar refractivity (Wildman–Crippen MR) is 70.8 cm³/mol. The molecule has 2 nitrogen and oxygen atoms in total. The molecule has 0 bridgehead atoms. The highest BCUT2D eigenvalue weighted by Gasteiger charge is 2.94. The lowest BCUT2D eigenvalue weighted by Gasteiger charge is -2.43. The molecule has 0 aliphatic rings. The summed E-state index contributed by atoms with van der Waals surface area (Å²) in [5.74, 6) is -54.9. The first kappa shape index (κ1) is 31.0. The third-order valence-corrected chi connectivity index (χ3v) is 3.91. The fourth-order valence-corrected chi connectivity index (χ4v) is 2.00. The van der Waals surface area contributed by atoms with Crippen molar-refractivity contribution in [2.24, 2.45) is 5.92 Å². The van der Waals surface area contributed by atoms with E-state index >= 15 is 0 Å². The normalized spacial score (nSPS) is 16.4. The number of esters is 1. The van der Waals surface area contributed by atoms with Gasteiger partial charge in [0.15, 0.2) is 0 Å². The summed E-state index contributed by atoms with van der Waals surface area (Å²) in [4.78, 5) is 10.5. The fourth-order valence-electron chi connectivity index (χ4n) is 2.00. The zero-order chi connectivity index (χ0) is 27.3. The highest BCUT2D eigenvalue weighted by molar-refractivity contribution is 5.81. The van der Waals surface area contributed by atoms with Crippen LogP contribution in [0.2, 0.25) is 0 Å². The fraction of sp³-hybridized carbons (Fsp3) is 0.786. The summed E-state index contributed by atoms with van der Waals surface area (Å²) in [5, 5.41) is 0. The van der Waals surface area contributed by atoms with Gasteiger partial charge in [-0.25, -0.2) is 4.79 Å². The van der Waals surface area contributed by atoms with Crippen LogP contribution in [0.5, 0.6) is 0 Å². The summed E-state index contributed by atoms with van der Waals surface area (Å²) >= 11 is 0. The summed E-state index contributed by atoms with van der Waals surface area (Å²) in [6.45, 7) is 1.76. The Morgan fingerprint density at radius 2 is 1.03 bits per heavy atom. The molecular weight excluding hydrogens is 523 g/mol. The Balaban J connectivity index is 6.63. The summed E-state index contributed by atoms with van der Waals surface area (Å²) in [7, 11) is 0. The first-order valence-corrected chi connectivity index (χ1v) is 7.65. The first-order chi connectivity index (χ1) is 14.1. The van der Waals surface area contributed by atoms with Crippen LogP contribution in [0.15, 0.2) is 12.7 Å². The maximum absolute atomic E-state index is 13.6. The van der Waals surface area contributed by atoms with Gasteiger partial charge in [0.2, 0.25) is 0 Å². The van der Waals surface area contributed by atoms with Crippen molar-refractivity contribution in [3.8, 4) is 0 Å². The van der Waals surface area contributed by atoms with Crippen LogP contribution in [0.3, 0.4) is 0 Å². The van der Waals surface area contributed by atoms with E-state index in [-0.39, 0.29) is 0 Å². The Bertz CT molecular complexity index is 736. The SMILES string of the molecule is C=CC(=O)OC(F)(F)C(F)(F)C(F)(F)C(F)(F)C(F)(F)C(F)(F)C(F)(F)C(C)CC(F)(F)F. The number of halogens is 17. The van der Waals surface area contributed by atoms with Gasteiger partial charge in [0.1, 0.15) is 0 Å². The number of alkyl halides is 17. The van der Waals surface area contributed by atoms with Crippen LogP contribution in [0.4, 0.5) is 74.6 Å². The monoisotopic (exact) mass is 532 g/mol. The van der Waals surface area contributed by atoms with Gasteiger partial charge in [0.25, 0.3) is 0 Å². The van der Waals surface area contributed by atoms with Gasteiger partial charge in [-0.3, -0.25) is 0 Å². The maximum atomic E-state index is 13.6. The minimum absolute atomic E-state index is 0.439. The van der Waals surface area contributed by atoms with E-state index in [1.807, 2.05) is 0 Å². The van der Waals surface area contributed by atoms with Crippen molar-refractivity contribution in [1.29, 1.82) is 0 Å². The number of carbonyl (C=O) groups is 1. The lowest BCUT2D eigenvalue weighted by Crippen LogP contribution is -2.73. The van der Waals surface area contributed by atoms with Crippen molar-refractivity contribution in [2.75, 3.05) is 0 Å². The molecule has 0 aromatic carbocycles. The van der Waals surface area contributed by atoms with Gasteiger partial charge in [0.05, 0.1) is 6.42 Å². The minimum atomic E-state index is -8.50. The van der Waals surface area contributed by atoms with E-state index < -0.39 is 79.1 Å². The number of ether oxygens (including phenoxy) is 1. The summed E-state index contributed by atoms with van der Waals surface area (Å²) in [6, 6.07) is 0. The quantitative estimate of drug-likeness (QED) is 0.178. The standard InChI is InChI=1S/C14H9F17O2/c1-3-6(32)33-14(30,31)13(28,29)12(26,27)11(24,25)10(22,23)9(20,21)8(18,19)5(2)4-7(15,16)17/h3,5H,1,4H2,2H3. The molecule has 19 heteroatoms. The number of hydrogen-bond acceptors (Lipinski definition) is 2. The van der Waals surface area contributed by atoms with Gasteiger partial charge < -0.3 is 4.74 Å². The Labute approximate surface area is 171 Å². The highest BCUT2D eigenvalue weighted by Crippen LogP contribution is 2.63. The van der Waals surface area contributed by atoms with Gasteiger partial charge in [0, 0.05) is 12.0 Å². The molecule has 0 fully saturated rings. The molecule has 196 valence electrons. The first-order valence-electron chi connectivity index (χ1n) is 7.65. The lowest BCUT2D eigenvalue weighted by molar-refractivity contribution is -0.462. The topological polar surface area (TPSA) is 26.3 Å². The van der Waals surface area contributed by atoms with E-state index in [9.17, 15) is 79.4 Å². The van der Waals surface area contributed by atoms with Crippen molar-refractivity contribution in [3.63, 3.8) is 0 Å². The average Bonchev–Trinajstić information content (AvgIpc) is 2.58. The van der Waals surface area contributed by atoms with Crippen LogP contribution in [-0.4, -0.2) is 53.8 Å². The van der Waals surface area contributed by atoms with E-state index in [4.69, 9.17) is 0 Å². The molecule has 0 heterocycles. The second-order valence-electron chi connectivity index (χ2n) is 6.36. The largest absolute Gasteiger partial charge is 0.473 e. The van der Waals surface area contributed by atoms with Crippen LogP contribution < -0.4 is 0 Å². The average molecular weight is 532 g/mol. The molecule has 0 aromatic heterocycles. The van der Waals surface area contributed by atoms with Gasteiger partial charge >= 0.3 is 53.8 Å². The van der Waals surface area contributed by atoms with Crippen molar-refractivity contribution < 1.29 is 84.2 Å². The van der Waals surface area contributed by atoms with Gasteiger partial charge in [-0.1, -0.05) is 13.5 Å². The van der Waals surface area contributed by atoms with Crippen LogP contribution in [0.25, 0.3) is 0 Å². The van der Waals surface area contributed by atoms with Crippen molar-refractivity contribution >= 4 is 5.97 Å². The summed E-state index contributed by atoms with van der Waals surface area (Å²) < 4.78 is 227. The molecular formula is C14H9F17O2. The molecule has 0 amide bonds. The van der Waals surface area contributed by atoms with Crippen molar-refractivity contribution in [3.05, 3.63) is 12.7 Å². The molecule has 0 spiro atoms. The highest BCUT2D eigenvalue weighted by atomic mass is 19.4. The molecule has 1 atom stereocenters. The molecule has 0 aliphatic heterocycles. The number of hydrogen-bond donors (Lipinski definition) is 0. The van der Waals surface area contributed by atoms with E-state index in [0.717, 1.165) is 0 Å². The zero-order valence-electron chi connectivity index (χ0n) is 15.3.